The molecule has 0 amide bonds. The Balaban J connectivity index is 1.74. The zero-order valence-corrected chi connectivity index (χ0v) is 18.7. The van der Waals surface area contributed by atoms with Gasteiger partial charge in [-0.3, -0.25) is 0 Å². The van der Waals surface area contributed by atoms with E-state index in [0.29, 0.717) is 41.3 Å². The predicted molar refractivity (Wildman–Crippen MR) is 120 cm³/mol. The quantitative estimate of drug-likeness (QED) is 0.349. The van der Waals surface area contributed by atoms with Gasteiger partial charge >= 0.3 is 0 Å². The van der Waals surface area contributed by atoms with Gasteiger partial charge in [-0.25, -0.2) is 4.39 Å². The Hall–Kier alpha value is -1.95. The second-order valence-corrected chi connectivity index (χ2v) is 7.89. The molecule has 0 saturated heterocycles. The summed E-state index contributed by atoms with van der Waals surface area (Å²) in [6.45, 7) is 3.30. The highest BCUT2D eigenvalue weighted by molar-refractivity contribution is 9.10. The third-order valence-corrected chi connectivity index (χ3v) is 5.60. The van der Waals surface area contributed by atoms with Gasteiger partial charge in [0.1, 0.15) is 12.4 Å². The molecule has 7 heteroatoms. The van der Waals surface area contributed by atoms with E-state index >= 15 is 0 Å². The van der Waals surface area contributed by atoms with Crippen molar-refractivity contribution in [3.05, 3.63) is 86.1 Å². The van der Waals surface area contributed by atoms with E-state index < -0.39 is 0 Å². The maximum absolute atomic E-state index is 13.1. The van der Waals surface area contributed by atoms with Crippen LogP contribution in [0.15, 0.2) is 59.1 Å². The Kier molecular flexibility index (Phi) is 7.64. The third kappa shape index (κ3) is 6.01. The van der Waals surface area contributed by atoms with Crippen LogP contribution in [0.2, 0.25) is 10.0 Å². The standard InChI is InChI=1S/C22H19BrCl2FNO2/c1-2-28-21-10-15(12-27-17-6-4-16(26)5-7-17)18(23)11-22(21)29-13-14-3-8-19(24)20(25)9-14/h3-11,27H,2,12-13H2,1H3. The molecule has 0 heterocycles. The summed E-state index contributed by atoms with van der Waals surface area (Å²) in [6.07, 6.45) is 0. The van der Waals surface area contributed by atoms with Crippen LogP contribution in [-0.2, 0) is 13.2 Å². The second kappa shape index (κ2) is 10.2. The number of rotatable bonds is 8. The van der Waals surface area contributed by atoms with Gasteiger partial charge in [-0.15, -0.1) is 0 Å². The summed E-state index contributed by atoms with van der Waals surface area (Å²) in [5.74, 6) is 1.00. The molecule has 0 aliphatic carbocycles. The van der Waals surface area contributed by atoms with Gasteiger partial charge in [0.05, 0.1) is 16.7 Å². The second-order valence-electron chi connectivity index (χ2n) is 6.22. The van der Waals surface area contributed by atoms with Crippen molar-refractivity contribution in [3.8, 4) is 11.5 Å². The first-order valence-electron chi connectivity index (χ1n) is 8.97. The van der Waals surface area contributed by atoms with Gasteiger partial charge in [-0.05, 0) is 66.6 Å². The molecule has 0 aromatic heterocycles. The van der Waals surface area contributed by atoms with Crippen molar-refractivity contribution in [2.75, 3.05) is 11.9 Å². The highest BCUT2D eigenvalue weighted by atomic mass is 79.9. The lowest BCUT2D eigenvalue weighted by molar-refractivity contribution is 0.269. The number of halogens is 4. The van der Waals surface area contributed by atoms with Gasteiger partial charge < -0.3 is 14.8 Å². The van der Waals surface area contributed by atoms with Gasteiger partial charge in [0, 0.05) is 16.7 Å². The molecule has 0 unspecified atom stereocenters. The van der Waals surface area contributed by atoms with E-state index in [9.17, 15) is 4.39 Å². The van der Waals surface area contributed by atoms with Crippen molar-refractivity contribution >= 4 is 44.8 Å². The molecule has 3 rings (SSSR count). The van der Waals surface area contributed by atoms with E-state index in [1.807, 2.05) is 25.1 Å². The van der Waals surface area contributed by atoms with E-state index in [4.69, 9.17) is 32.7 Å². The molecular formula is C22H19BrCl2FNO2. The third-order valence-electron chi connectivity index (χ3n) is 4.12. The Bertz CT molecular complexity index is 983. The van der Waals surface area contributed by atoms with Crippen molar-refractivity contribution < 1.29 is 13.9 Å². The van der Waals surface area contributed by atoms with Crippen LogP contribution in [0.3, 0.4) is 0 Å². The van der Waals surface area contributed by atoms with Crippen molar-refractivity contribution in [1.29, 1.82) is 0 Å². The number of hydrogen-bond acceptors (Lipinski definition) is 3. The summed E-state index contributed by atoms with van der Waals surface area (Å²) in [6, 6.07) is 15.4. The number of nitrogens with one attached hydrogen (secondary N) is 1. The van der Waals surface area contributed by atoms with E-state index in [1.165, 1.54) is 12.1 Å². The van der Waals surface area contributed by atoms with Gasteiger partial charge in [-0.2, -0.15) is 0 Å². The molecule has 152 valence electrons. The molecule has 3 aromatic rings. The molecule has 1 N–H and O–H groups in total. The number of ether oxygens (including phenoxy) is 2. The first-order valence-corrected chi connectivity index (χ1v) is 10.5. The van der Waals surface area contributed by atoms with Crippen molar-refractivity contribution in [3.63, 3.8) is 0 Å². The average Bonchev–Trinajstić information content (AvgIpc) is 2.70. The Labute approximate surface area is 187 Å². The first-order chi connectivity index (χ1) is 14.0. The molecule has 0 saturated carbocycles. The van der Waals surface area contributed by atoms with Crippen LogP contribution in [0, 0.1) is 5.82 Å². The number of benzene rings is 3. The zero-order valence-electron chi connectivity index (χ0n) is 15.6. The smallest absolute Gasteiger partial charge is 0.162 e. The monoisotopic (exact) mass is 497 g/mol. The lowest BCUT2D eigenvalue weighted by atomic mass is 10.2. The van der Waals surface area contributed by atoms with Crippen molar-refractivity contribution in [1.82, 2.24) is 0 Å². The molecule has 0 atom stereocenters. The fraction of sp³-hybridized carbons (Fsp3) is 0.182. The van der Waals surface area contributed by atoms with Gasteiger partial charge in [0.15, 0.2) is 11.5 Å². The SMILES string of the molecule is CCOc1cc(CNc2ccc(F)cc2)c(Br)cc1OCc1ccc(Cl)c(Cl)c1. The summed E-state index contributed by atoms with van der Waals surface area (Å²) in [5.41, 5.74) is 2.72. The van der Waals surface area contributed by atoms with Gasteiger partial charge in [0.25, 0.3) is 0 Å². The molecule has 29 heavy (non-hydrogen) atoms. The lowest BCUT2D eigenvalue weighted by Crippen LogP contribution is -2.04. The maximum Gasteiger partial charge on any atom is 0.162 e. The Morgan fingerprint density at radius 2 is 1.66 bits per heavy atom. The minimum atomic E-state index is -0.265. The van der Waals surface area contributed by atoms with Crippen molar-refractivity contribution in [2.45, 2.75) is 20.1 Å². The Morgan fingerprint density at radius 1 is 0.931 bits per heavy atom. The highest BCUT2D eigenvalue weighted by Gasteiger charge is 2.12. The fourth-order valence-corrected chi connectivity index (χ4v) is 3.43. The zero-order chi connectivity index (χ0) is 20.8. The van der Waals surface area contributed by atoms with E-state index in [0.717, 1.165) is 21.3 Å². The van der Waals surface area contributed by atoms with Gasteiger partial charge in [0.2, 0.25) is 0 Å². The van der Waals surface area contributed by atoms with Crippen LogP contribution in [0.5, 0.6) is 11.5 Å². The van der Waals surface area contributed by atoms with E-state index in [-0.39, 0.29) is 5.82 Å². The summed E-state index contributed by atoms with van der Waals surface area (Å²) in [4.78, 5) is 0. The Morgan fingerprint density at radius 3 is 2.34 bits per heavy atom. The molecule has 0 spiro atoms. The highest BCUT2D eigenvalue weighted by Crippen LogP contribution is 2.35. The maximum atomic E-state index is 13.1. The normalized spacial score (nSPS) is 10.7. The molecule has 0 radical (unpaired) electrons. The molecule has 0 bridgehead atoms. The van der Waals surface area contributed by atoms with Crippen LogP contribution in [0.1, 0.15) is 18.1 Å². The predicted octanol–water partition coefficient (Wildman–Crippen LogP) is 7.48. The number of hydrogen-bond donors (Lipinski definition) is 1. The van der Waals surface area contributed by atoms with Crippen LogP contribution in [-0.4, -0.2) is 6.61 Å². The summed E-state index contributed by atoms with van der Waals surface area (Å²) in [7, 11) is 0. The molecule has 0 aliphatic heterocycles. The summed E-state index contributed by atoms with van der Waals surface area (Å²) in [5, 5.41) is 4.26. The minimum absolute atomic E-state index is 0.265. The largest absolute Gasteiger partial charge is 0.490 e. The summed E-state index contributed by atoms with van der Waals surface area (Å²) < 4.78 is 25.7. The fourth-order valence-electron chi connectivity index (χ4n) is 2.65. The molecule has 0 aliphatic rings. The van der Waals surface area contributed by atoms with Crippen LogP contribution < -0.4 is 14.8 Å². The lowest BCUT2D eigenvalue weighted by Gasteiger charge is -2.16. The van der Waals surface area contributed by atoms with Crippen LogP contribution in [0.4, 0.5) is 10.1 Å². The molecule has 3 aromatic carbocycles. The minimum Gasteiger partial charge on any atom is -0.490 e. The molecular weight excluding hydrogens is 480 g/mol. The first kappa shape index (κ1) is 21.8. The van der Waals surface area contributed by atoms with E-state index in [1.54, 1.807) is 24.3 Å². The topological polar surface area (TPSA) is 30.5 Å². The van der Waals surface area contributed by atoms with E-state index in [2.05, 4.69) is 21.2 Å². The van der Waals surface area contributed by atoms with Crippen LogP contribution >= 0.6 is 39.1 Å². The summed E-state index contributed by atoms with van der Waals surface area (Å²) >= 11 is 15.6. The van der Waals surface area contributed by atoms with Crippen LogP contribution in [0.25, 0.3) is 0 Å². The molecule has 0 fully saturated rings. The average molecular weight is 499 g/mol. The van der Waals surface area contributed by atoms with Crippen molar-refractivity contribution in [2.24, 2.45) is 0 Å². The molecule has 3 nitrogen and oxygen atoms in total. The number of anilines is 1. The van der Waals surface area contributed by atoms with Gasteiger partial charge in [-0.1, -0.05) is 45.2 Å².